The molecule has 0 aliphatic carbocycles. The summed E-state index contributed by atoms with van der Waals surface area (Å²) in [6.07, 6.45) is -0.371. The standard InChI is InChI=1S/C13H26N2O4/c1-5-14(6-2)11-12(16)18-9-10-19-13(17)15(7-3)8-4/h5-11H2,1-4H3. The molecule has 0 aromatic rings. The van der Waals surface area contributed by atoms with E-state index in [1.54, 1.807) is 4.90 Å². The lowest BCUT2D eigenvalue weighted by Crippen LogP contribution is -2.33. The first-order chi connectivity index (χ1) is 9.08. The van der Waals surface area contributed by atoms with Crippen LogP contribution in [0.2, 0.25) is 0 Å². The molecule has 6 nitrogen and oxygen atoms in total. The SMILES string of the molecule is CCN(CC)CC(=O)OCCOC(=O)N(CC)CC. The van der Waals surface area contributed by atoms with Gasteiger partial charge in [-0.15, -0.1) is 0 Å². The third-order valence-electron chi connectivity index (χ3n) is 2.84. The van der Waals surface area contributed by atoms with E-state index in [1.165, 1.54) is 0 Å². The topological polar surface area (TPSA) is 59.1 Å². The Labute approximate surface area is 115 Å². The van der Waals surface area contributed by atoms with Gasteiger partial charge >= 0.3 is 12.1 Å². The highest BCUT2D eigenvalue weighted by Gasteiger charge is 2.11. The summed E-state index contributed by atoms with van der Waals surface area (Å²) in [6, 6.07) is 0. The van der Waals surface area contributed by atoms with Gasteiger partial charge in [0.1, 0.15) is 13.2 Å². The van der Waals surface area contributed by atoms with Crippen LogP contribution < -0.4 is 0 Å². The van der Waals surface area contributed by atoms with Crippen LogP contribution in [-0.2, 0) is 14.3 Å². The molecule has 19 heavy (non-hydrogen) atoms. The number of carbonyl (C=O) groups excluding carboxylic acids is 2. The van der Waals surface area contributed by atoms with E-state index in [2.05, 4.69) is 0 Å². The van der Waals surface area contributed by atoms with Crippen LogP contribution >= 0.6 is 0 Å². The summed E-state index contributed by atoms with van der Waals surface area (Å²) in [6.45, 7) is 11.1. The van der Waals surface area contributed by atoms with Crippen molar-refractivity contribution in [3.05, 3.63) is 0 Å². The number of rotatable bonds is 9. The molecule has 0 atom stereocenters. The van der Waals surface area contributed by atoms with Crippen molar-refractivity contribution < 1.29 is 19.1 Å². The Balaban J connectivity index is 3.74. The summed E-state index contributed by atoms with van der Waals surface area (Å²) in [7, 11) is 0. The van der Waals surface area contributed by atoms with Crippen LogP contribution in [0.3, 0.4) is 0 Å². The molecule has 0 rings (SSSR count). The monoisotopic (exact) mass is 274 g/mol. The molecule has 0 heterocycles. The van der Waals surface area contributed by atoms with Crippen LogP contribution in [0.15, 0.2) is 0 Å². The van der Waals surface area contributed by atoms with Crippen LogP contribution in [0, 0.1) is 0 Å². The molecule has 112 valence electrons. The van der Waals surface area contributed by atoms with Crippen molar-refractivity contribution in [2.24, 2.45) is 0 Å². The Morgan fingerprint density at radius 1 is 0.842 bits per heavy atom. The predicted octanol–water partition coefficient (Wildman–Crippen LogP) is 1.35. The van der Waals surface area contributed by atoms with E-state index < -0.39 is 0 Å². The Hall–Kier alpha value is -1.30. The summed E-state index contributed by atoms with van der Waals surface area (Å²) < 4.78 is 9.99. The van der Waals surface area contributed by atoms with Gasteiger partial charge in [-0.1, -0.05) is 13.8 Å². The second-order valence-corrected chi connectivity index (χ2v) is 3.97. The zero-order chi connectivity index (χ0) is 14.7. The lowest BCUT2D eigenvalue weighted by molar-refractivity contribution is -0.146. The van der Waals surface area contributed by atoms with Gasteiger partial charge in [0.25, 0.3) is 0 Å². The van der Waals surface area contributed by atoms with Gasteiger partial charge in [0.15, 0.2) is 0 Å². The minimum atomic E-state index is -0.371. The first-order valence-corrected chi connectivity index (χ1v) is 6.88. The van der Waals surface area contributed by atoms with Crippen molar-refractivity contribution in [3.63, 3.8) is 0 Å². The number of carbonyl (C=O) groups is 2. The number of esters is 1. The highest BCUT2D eigenvalue weighted by molar-refractivity contribution is 5.71. The van der Waals surface area contributed by atoms with Gasteiger partial charge in [-0.05, 0) is 26.9 Å². The maximum Gasteiger partial charge on any atom is 0.409 e. The number of hydrogen-bond acceptors (Lipinski definition) is 5. The molecule has 0 fully saturated rings. The Morgan fingerprint density at radius 3 is 1.84 bits per heavy atom. The first-order valence-electron chi connectivity index (χ1n) is 6.88. The van der Waals surface area contributed by atoms with Gasteiger partial charge in [-0.2, -0.15) is 0 Å². The molecule has 0 saturated heterocycles. The fourth-order valence-electron chi connectivity index (χ4n) is 1.53. The number of amides is 1. The van der Waals surface area contributed by atoms with Gasteiger partial charge in [0, 0.05) is 13.1 Å². The van der Waals surface area contributed by atoms with Crippen molar-refractivity contribution in [2.75, 3.05) is 45.9 Å². The highest BCUT2D eigenvalue weighted by atomic mass is 16.6. The van der Waals surface area contributed by atoms with Gasteiger partial charge in [-0.25, -0.2) is 4.79 Å². The van der Waals surface area contributed by atoms with E-state index in [0.717, 1.165) is 13.1 Å². The van der Waals surface area contributed by atoms with E-state index >= 15 is 0 Å². The fraction of sp³-hybridized carbons (Fsp3) is 0.846. The average Bonchev–Trinajstić information content (AvgIpc) is 2.42. The van der Waals surface area contributed by atoms with Gasteiger partial charge in [0.05, 0.1) is 6.54 Å². The lowest BCUT2D eigenvalue weighted by atomic mass is 10.5. The van der Waals surface area contributed by atoms with Gasteiger partial charge < -0.3 is 14.4 Å². The second-order valence-electron chi connectivity index (χ2n) is 3.97. The van der Waals surface area contributed by atoms with Gasteiger partial charge in [-0.3, -0.25) is 9.69 Å². The maximum atomic E-state index is 11.5. The fourth-order valence-corrected chi connectivity index (χ4v) is 1.53. The lowest BCUT2D eigenvalue weighted by Gasteiger charge is -2.18. The number of ether oxygens (including phenoxy) is 2. The van der Waals surface area contributed by atoms with Crippen molar-refractivity contribution in [1.29, 1.82) is 0 Å². The molecule has 0 aromatic heterocycles. The molecular formula is C13H26N2O4. The second kappa shape index (κ2) is 10.6. The zero-order valence-corrected chi connectivity index (χ0v) is 12.5. The van der Waals surface area contributed by atoms with Crippen LogP contribution in [0.5, 0.6) is 0 Å². The van der Waals surface area contributed by atoms with Crippen molar-refractivity contribution >= 4 is 12.1 Å². The third kappa shape index (κ3) is 7.66. The average molecular weight is 274 g/mol. The van der Waals surface area contributed by atoms with E-state index in [-0.39, 0.29) is 31.8 Å². The summed E-state index contributed by atoms with van der Waals surface area (Å²) in [4.78, 5) is 26.5. The Kier molecular flexibility index (Phi) is 9.88. The van der Waals surface area contributed by atoms with E-state index in [0.29, 0.717) is 13.1 Å². The molecular weight excluding hydrogens is 248 g/mol. The van der Waals surface area contributed by atoms with Crippen LogP contribution in [0.25, 0.3) is 0 Å². The number of hydrogen-bond donors (Lipinski definition) is 0. The molecule has 0 radical (unpaired) electrons. The molecule has 0 unspecified atom stereocenters. The normalized spacial score (nSPS) is 10.4. The largest absolute Gasteiger partial charge is 0.461 e. The molecule has 6 heteroatoms. The summed E-state index contributed by atoms with van der Waals surface area (Å²) >= 11 is 0. The third-order valence-corrected chi connectivity index (χ3v) is 2.84. The zero-order valence-electron chi connectivity index (χ0n) is 12.5. The Bertz CT molecular complexity index is 263. The van der Waals surface area contributed by atoms with Crippen LogP contribution in [0.4, 0.5) is 4.79 Å². The smallest absolute Gasteiger partial charge is 0.409 e. The van der Waals surface area contributed by atoms with Crippen LogP contribution in [0.1, 0.15) is 27.7 Å². The molecule has 0 aromatic carbocycles. The van der Waals surface area contributed by atoms with E-state index in [1.807, 2.05) is 32.6 Å². The molecule has 1 amide bonds. The number of nitrogens with zero attached hydrogens (tertiary/aromatic N) is 2. The van der Waals surface area contributed by atoms with Crippen molar-refractivity contribution in [1.82, 2.24) is 9.80 Å². The summed E-state index contributed by atoms with van der Waals surface area (Å²) in [5.74, 6) is -0.289. The van der Waals surface area contributed by atoms with Gasteiger partial charge in [0.2, 0.25) is 0 Å². The molecule has 0 aliphatic rings. The number of likely N-dealkylation sites (N-methyl/N-ethyl adjacent to an activating group) is 1. The molecule has 0 spiro atoms. The molecule has 0 N–H and O–H groups in total. The molecule has 0 aliphatic heterocycles. The van der Waals surface area contributed by atoms with Crippen molar-refractivity contribution in [2.45, 2.75) is 27.7 Å². The minimum Gasteiger partial charge on any atom is -0.461 e. The minimum absolute atomic E-state index is 0.0966. The predicted molar refractivity (Wildman–Crippen MR) is 73.0 cm³/mol. The Morgan fingerprint density at radius 2 is 1.37 bits per heavy atom. The summed E-state index contributed by atoms with van der Waals surface area (Å²) in [5.41, 5.74) is 0. The quantitative estimate of drug-likeness (QED) is 0.469. The molecule has 0 saturated carbocycles. The van der Waals surface area contributed by atoms with Crippen molar-refractivity contribution in [3.8, 4) is 0 Å². The first kappa shape index (κ1) is 17.7. The highest BCUT2D eigenvalue weighted by Crippen LogP contribution is 1.94. The maximum absolute atomic E-state index is 11.5. The van der Waals surface area contributed by atoms with E-state index in [4.69, 9.17) is 9.47 Å². The summed E-state index contributed by atoms with van der Waals surface area (Å²) in [5, 5.41) is 0. The molecule has 0 bridgehead atoms. The van der Waals surface area contributed by atoms with E-state index in [9.17, 15) is 9.59 Å². The van der Waals surface area contributed by atoms with Crippen LogP contribution in [-0.4, -0.2) is 67.8 Å².